The molecule has 110 valence electrons. The van der Waals surface area contributed by atoms with Crippen LogP contribution in [-0.4, -0.2) is 5.78 Å². The standard InChI is InChI=1S/C19H24NO/c1-2-3-4-8-13-18-14-9-10-15-20(18)16-19(21)17-11-6-5-7-12-17/h5-7,9-12,14-15H,2-4,8,13,16H2,1H3/q+1. The molecule has 21 heavy (non-hydrogen) atoms. The Kier molecular flexibility index (Phi) is 6.14. The highest BCUT2D eigenvalue weighted by Gasteiger charge is 2.15. The molecule has 0 aliphatic heterocycles. The van der Waals surface area contributed by atoms with Gasteiger partial charge in [-0.15, -0.1) is 0 Å². The molecule has 0 fully saturated rings. The van der Waals surface area contributed by atoms with Gasteiger partial charge >= 0.3 is 0 Å². The summed E-state index contributed by atoms with van der Waals surface area (Å²) in [7, 11) is 0. The molecule has 0 amide bonds. The number of Topliss-reactive ketones (excluding diaryl/α,β-unsaturated/α-hetero) is 1. The van der Waals surface area contributed by atoms with Crippen LogP contribution in [0.5, 0.6) is 0 Å². The van der Waals surface area contributed by atoms with Crippen molar-refractivity contribution in [3.8, 4) is 0 Å². The fourth-order valence-electron chi connectivity index (χ4n) is 2.50. The van der Waals surface area contributed by atoms with E-state index in [1.807, 2.05) is 42.6 Å². The molecule has 1 aromatic heterocycles. The largest absolute Gasteiger partial charge is 0.287 e. The van der Waals surface area contributed by atoms with E-state index in [0.717, 1.165) is 12.0 Å². The minimum atomic E-state index is 0.168. The quantitative estimate of drug-likeness (QED) is 0.407. The van der Waals surface area contributed by atoms with Crippen molar-refractivity contribution in [2.75, 3.05) is 0 Å². The minimum absolute atomic E-state index is 0.168. The lowest BCUT2D eigenvalue weighted by atomic mass is 10.1. The van der Waals surface area contributed by atoms with Crippen LogP contribution in [-0.2, 0) is 13.0 Å². The molecule has 0 unspecified atom stereocenters. The summed E-state index contributed by atoms with van der Waals surface area (Å²) < 4.78 is 2.08. The average molecular weight is 282 g/mol. The Morgan fingerprint density at radius 3 is 2.48 bits per heavy atom. The SMILES string of the molecule is CCCCCCc1cccc[n+]1CC(=O)c1ccccc1. The third-order valence-corrected chi connectivity index (χ3v) is 3.73. The number of carbonyl (C=O) groups excluding carboxylic acids is 1. The van der Waals surface area contributed by atoms with Gasteiger partial charge in [0.25, 0.3) is 0 Å². The van der Waals surface area contributed by atoms with Crippen molar-refractivity contribution in [2.45, 2.75) is 45.6 Å². The highest BCUT2D eigenvalue weighted by Crippen LogP contribution is 2.05. The topological polar surface area (TPSA) is 20.9 Å². The Morgan fingerprint density at radius 1 is 0.952 bits per heavy atom. The summed E-state index contributed by atoms with van der Waals surface area (Å²) in [6.45, 7) is 2.65. The number of benzene rings is 1. The van der Waals surface area contributed by atoms with Gasteiger partial charge in [-0.2, -0.15) is 4.57 Å². The number of hydrogen-bond donors (Lipinski definition) is 0. The van der Waals surface area contributed by atoms with Crippen LogP contribution in [0.1, 0.15) is 48.7 Å². The molecule has 0 aliphatic carbocycles. The van der Waals surface area contributed by atoms with Gasteiger partial charge in [0, 0.05) is 24.1 Å². The van der Waals surface area contributed by atoms with Gasteiger partial charge in [0.15, 0.2) is 11.9 Å². The summed E-state index contributed by atoms with van der Waals surface area (Å²) >= 11 is 0. The summed E-state index contributed by atoms with van der Waals surface area (Å²) in [5.74, 6) is 0.168. The van der Waals surface area contributed by atoms with Gasteiger partial charge in [0.05, 0.1) is 0 Å². The van der Waals surface area contributed by atoms with Crippen LogP contribution in [0.25, 0.3) is 0 Å². The van der Waals surface area contributed by atoms with Crippen LogP contribution in [0.4, 0.5) is 0 Å². The third kappa shape index (κ3) is 4.82. The summed E-state index contributed by atoms with van der Waals surface area (Å²) in [5, 5.41) is 0. The number of aryl methyl sites for hydroxylation is 1. The molecular weight excluding hydrogens is 258 g/mol. The van der Waals surface area contributed by atoms with Gasteiger partial charge in [-0.1, -0.05) is 62.6 Å². The van der Waals surface area contributed by atoms with Crippen LogP contribution in [0, 0.1) is 0 Å². The van der Waals surface area contributed by atoms with E-state index in [9.17, 15) is 4.79 Å². The third-order valence-electron chi connectivity index (χ3n) is 3.73. The molecule has 0 N–H and O–H groups in total. The van der Waals surface area contributed by atoms with Crippen LogP contribution >= 0.6 is 0 Å². The molecule has 0 radical (unpaired) electrons. The monoisotopic (exact) mass is 282 g/mol. The van der Waals surface area contributed by atoms with Crippen molar-refractivity contribution in [1.82, 2.24) is 0 Å². The normalized spacial score (nSPS) is 10.5. The molecule has 0 bridgehead atoms. The first-order chi connectivity index (χ1) is 10.3. The lowest BCUT2D eigenvalue weighted by molar-refractivity contribution is -0.690. The van der Waals surface area contributed by atoms with Crippen LogP contribution in [0.3, 0.4) is 0 Å². The van der Waals surface area contributed by atoms with Gasteiger partial charge in [0.2, 0.25) is 12.3 Å². The zero-order valence-electron chi connectivity index (χ0n) is 12.8. The Morgan fingerprint density at radius 2 is 1.71 bits per heavy atom. The van der Waals surface area contributed by atoms with Crippen molar-refractivity contribution in [1.29, 1.82) is 0 Å². The van der Waals surface area contributed by atoms with Gasteiger partial charge < -0.3 is 0 Å². The molecule has 1 heterocycles. The molecular formula is C19H24NO+. The summed E-state index contributed by atoms with van der Waals surface area (Å²) in [5.41, 5.74) is 2.03. The van der Waals surface area contributed by atoms with Crippen molar-refractivity contribution in [3.63, 3.8) is 0 Å². The lowest BCUT2D eigenvalue weighted by Crippen LogP contribution is -2.41. The van der Waals surface area contributed by atoms with E-state index in [-0.39, 0.29) is 5.78 Å². The van der Waals surface area contributed by atoms with Gasteiger partial charge in [-0.05, 0) is 6.42 Å². The maximum absolute atomic E-state index is 12.3. The highest BCUT2D eigenvalue weighted by molar-refractivity contribution is 5.94. The van der Waals surface area contributed by atoms with Crippen LogP contribution in [0.2, 0.25) is 0 Å². The van der Waals surface area contributed by atoms with Crippen molar-refractivity contribution in [3.05, 3.63) is 66.0 Å². The van der Waals surface area contributed by atoms with Crippen molar-refractivity contribution >= 4 is 5.78 Å². The number of rotatable bonds is 8. The maximum Gasteiger partial charge on any atom is 0.227 e. The second-order valence-electron chi connectivity index (χ2n) is 5.42. The zero-order valence-corrected chi connectivity index (χ0v) is 12.8. The number of nitrogens with zero attached hydrogens (tertiary/aromatic N) is 1. The molecule has 2 rings (SSSR count). The number of aromatic nitrogens is 1. The number of pyridine rings is 1. The second kappa shape index (κ2) is 8.35. The smallest absolute Gasteiger partial charge is 0.227 e. The molecule has 0 spiro atoms. The van der Waals surface area contributed by atoms with E-state index in [0.29, 0.717) is 6.54 Å². The fraction of sp³-hybridized carbons (Fsp3) is 0.368. The fourth-order valence-corrected chi connectivity index (χ4v) is 2.50. The molecule has 0 atom stereocenters. The van der Waals surface area contributed by atoms with E-state index in [4.69, 9.17) is 0 Å². The molecule has 2 nitrogen and oxygen atoms in total. The zero-order chi connectivity index (χ0) is 14.9. The average Bonchev–Trinajstić information content (AvgIpc) is 2.54. The number of hydrogen-bond acceptors (Lipinski definition) is 1. The summed E-state index contributed by atoms with van der Waals surface area (Å²) in [6.07, 6.45) is 8.05. The van der Waals surface area contributed by atoms with E-state index in [1.165, 1.54) is 31.4 Å². The number of ketones is 1. The Balaban J connectivity index is 2.01. The minimum Gasteiger partial charge on any atom is -0.287 e. The molecule has 2 heteroatoms. The predicted molar refractivity (Wildman–Crippen MR) is 85.3 cm³/mol. The van der Waals surface area contributed by atoms with E-state index < -0.39 is 0 Å². The number of carbonyl (C=O) groups is 1. The molecule has 1 aromatic carbocycles. The molecule has 0 aliphatic rings. The van der Waals surface area contributed by atoms with Crippen molar-refractivity contribution < 1.29 is 9.36 Å². The first-order valence-corrected chi connectivity index (χ1v) is 7.87. The maximum atomic E-state index is 12.3. The first kappa shape index (κ1) is 15.4. The first-order valence-electron chi connectivity index (χ1n) is 7.87. The van der Waals surface area contributed by atoms with Gasteiger partial charge in [-0.3, -0.25) is 4.79 Å². The van der Waals surface area contributed by atoms with E-state index in [2.05, 4.69) is 23.6 Å². The lowest BCUT2D eigenvalue weighted by Gasteiger charge is -2.04. The Hall–Kier alpha value is -1.96. The van der Waals surface area contributed by atoms with Gasteiger partial charge in [0.1, 0.15) is 0 Å². The summed E-state index contributed by atoms with van der Waals surface area (Å²) in [6, 6.07) is 15.7. The number of unbranched alkanes of at least 4 members (excludes halogenated alkanes) is 3. The Bertz CT molecular complexity index is 563. The second-order valence-corrected chi connectivity index (χ2v) is 5.42. The molecule has 2 aromatic rings. The predicted octanol–water partition coefficient (Wildman–Crippen LogP) is 3.98. The van der Waals surface area contributed by atoms with Crippen LogP contribution < -0.4 is 4.57 Å². The molecule has 0 saturated carbocycles. The van der Waals surface area contributed by atoms with Gasteiger partial charge in [-0.25, -0.2) is 0 Å². The van der Waals surface area contributed by atoms with E-state index >= 15 is 0 Å². The Labute approximate surface area is 127 Å². The van der Waals surface area contributed by atoms with E-state index in [1.54, 1.807) is 0 Å². The highest BCUT2D eigenvalue weighted by atomic mass is 16.1. The molecule has 0 saturated heterocycles. The summed E-state index contributed by atoms with van der Waals surface area (Å²) in [4.78, 5) is 12.3. The van der Waals surface area contributed by atoms with Crippen molar-refractivity contribution in [2.24, 2.45) is 0 Å². The van der Waals surface area contributed by atoms with Crippen LogP contribution in [0.15, 0.2) is 54.7 Å².